The van der Waals surface area contributed by atoms with E-state index in [1.165, 1.54) is 35.6 Å². The Morgan fingerprint density at radius 2 is 1.74 bits per heavy atom. The third-order valence-corrected chi connectivity index (χ3v) is 5.33. The lowest BCUT2D eigenvalue weighted by molar-refractivity contribution is 0.104. The SMILES string of the molecule is CS(=O)(=O)Nc1ccc(C(=O)/C=C/c2ccc(-c3ccccc3F)s2)cc1. The van der Waals surface area contributed by atoms with Gasteiger partial charge in [0.2, 0.25) is 10.0 Å². The Hall–Kier alpha value is -2.77. The highest BCUT2D eigenvalue weighted by molar-refractivity contribution is 7.92. The van der Waals surface area contributed by atoms with Gasteiger partial charge in [0.25, 0.3) is 0 Å². The summed E-state index contributed by atoms with van der Waals surface area (Å²) in [5, 5.41) is 0. The summed E-state index contributed by atoms with van der Waals surface area (Å²) in [6.45, 7) is 0. The Labute approximate surface area is 161 Å². The van der Waals surface area contributed by atoms with Crippen LogP contribution in [0.3, 0.4) is 0 Å². The molecule has 0 aliphatic rings. The van der Waals surface area contributed by atoms with Crippen LogP contribution in [0.5, 0.6) is 0 Å². The number of hydrogen-bond acceptors (Lipinski definition) is 4. The molecule has 2 aromatic carbocycles. The highest BCUT2D eigenvalue weighted by Gasteiger charge is 2.07. The van der Waals surface area contributed by atoms with Gasteiger partial charge in [0, 0.05) is 26.6 Å². The Morgan fingerprint density at radius 1 is 1.04 bits per heavy atom. The van der Waals surface area contributed by atoms with Gasteiger partial charge in [-0.05, 0) is 54.6 Å². The van der Waals surface area contributed by atoms with Crippen LogP contribution in [-0.4, -0.2) is 20.5 Å². The number of ketones is 1. The van der Waals surface area contributed by atoms with Crippen LogP contribution in [0.1, 0.15) is 15.2 Å². The number of anilines is 1. The fourth-order valence-electron chi connectivity index (χ4n) is 2.42. The van der Waals surface area contributed by atoms with Crippen molar-refractivity contribution in [1.29, 1.82) is 0 Å². The van der Waals surface area contributed by atoms with Gasteiger partial charge in [0.15, 0.2) is 5.78 Å². The number of carbonyl (C=O) groups is 1. The van der Waals surface area contributed by atoms with E-state index in [2.05, 4.69) is 4.72 Å². The first-order valence-electron chi connectivity index (χ1n) is 7.97. The first-order chi connectivity index (χ1) is 12.8. The Kier molecular flexibility index (Phi) is 5.53. The summed E-state index contributed by atoms with van der Waals surface area (Å²) in [6, 6.07) is 16.4. The predicted molar refractivity (Wildman–Crippen MR) is 108 cm³/mol. The van der Waals surface area contributed by atoms with Gasteiger partial charge in [0.05, 0.1) is 6.26 Å². The van der Waals surface area contributed by atoms with E-state index >= 15 is 0 Å². The molecule has 0 fully saturated rings. The number of thiophene rings is 1. The third-order valence-electron chi connectivity index (χ3n) is 3.64. The quantitative estimate of drug-likeness (QED) is 0.476. The largest absolute Gasteiger partial charge is 0.289 e. The van der Waals surface area contributed by atoms with Crippen molar-refractivity contribution in [3.8, 4) is 10.4 Å². The van der Waals surface area contributed by atoms with Gasteiger partial charge in [-0.2, -0.15) is 0 Å². The Balaban J connectivity index is 1.71. The number of rotatable bonds is 6. The second-order valence-electron chi connectivity index (χ2n) is 5.83. The number of sulfonamides is 1. The topological polar surface area (TPSA) is 63.2 Å². The van der Waals surface area contributed by atoms with Crippen LogP contribution in [0.15, 0.2) is 66.7 Å². The first kappa shape index (κ1) is 19.0. The van der Waals surface area contributed by atoms with Crippen molar-refractivity contribution < 1.29 is 17.6 Å². The van der Waals surface area contributed by atoms with E-state index in [1.54, 1.807) is 36.4 Å². The molecule has 0 saturated heterocycles. The van der Waals surface area contributed by atoms with Crippen LogP contribution >= 0.6 is 11.3 Å². The fourth-order valence-corrected chi connectivity index (χ4v) is 3.92. The minimum Gasteiger partial charge on any atom is -0.289 e. The lowest BCUT2D eigenvalue weighted by atomic mass is 10.1. The van der Waals surface area contributed by atoms with Crippen LogP contribution in [-0.2, 0) is 10.0 Å². The van der Waals surface area contributed by atoms with Crippen molar-refractivity contribution in [3.05, 3.63) is 83.0 Å². The van der Waals surface area contributed by atoms with Crippen molar-refractivity contribution in [2.24, 2.45) is 0 Å². The molecule has 0 radical (unpaired) electrons. The maximum absolute atomic E-state index is 13.8. The number of halogens is 1. The predicted octanol–water partition coefficient (Wildman–Crippen LogP) is 4.82. The summed E-state index contributed by atoms with van der Waals surface area (Å²) in [4.78, 5) is 13.9. The Bertz CT molecular complexity index is 1100. The maximum Gasteiger partial charge on any atom is 0.229 e. The van der Waals surface area contributed by atoms with Crippen molar-refractivity contribution in [2.45, 2.75) is 0 Å². The smallest absolute Gasteiger partial charge is 0.229 e. The number of allylic oxidation sites excluding steroid dienone is 1. The van der Waals surface area contributed by atoms with Gasteiger partial charge in [-0.1, -0.05) is 18.2 Å². The molecule has 3 rings (SSSR count). The van der Waals surface area contributed by atoms with Crippen molar-refractivity contribution in [1.82, 2.24) is 0 Å². The standard InChI is InChI=1S/C20H16FNO3S2/c1-27(24,25)22-15-8-6-14(7-9-15)19(23)12-10-16-11-13-20(26-16)17-4-2-3-5-18(17)21/h2-13,22H,1H3/b12-10+. The van der Waals surface area contributed by atoms with Crippen LogP contribution in [0.4, 0.5) is 10.1 Å². The minimum absolute atomic E-state index is 0.207. The molecule has 0 aliphatic heterocycles. The second-order valence-corrected chi connectivity index (χ2v) is 8.69. The summed E-state index contributed by atoms with van der Waals surface area (Å²) in [5.41, 5.74) is 1.37. The Morgan fingerprint density at radius 3 is 2.41 bits per heavy atom. The van der Waals surface area contributed by atoms with Crippen molar-refractivity contribution >= 4 is 38.9 Å². The van der Waals surface area contributed by atoms with Gasteiger partial charge >= 0.3 is 0 Å². The number of hydrogen-bond donors (Lipinski definition) is 1. The molecular weight excluding hydrogens is 385 g/mol. The molecule has 4 nitrogen and oxygen atoms in total. The van der Waals surface area contributed by atoms with E-state index in [9.17, 15) is 17.6 Å². The zero-order valence-corrected chi connectivity index (χ0v) is 16.0. The third kappa shape index (κ3) is 5.12. The van der Waals surface area contributed by atoms with Crippen LogP contribution < -0.4 is 4.72 Å². The molecule has 0 aliphatic carbocycles. The minimum atomic E-state index is -3.35. The molecule has 1 heterocycles. The van der Waals surface area contributed by atoms with Gasteiger partial charge < -0.3 is 0 Å². The number of nitrogens with one attached hydrogen (secondary N) is 1. The van der Waals surface area contributed by atoms with Gasteiger partial charge in [0.1, 0.15) is 5.82 Å². The molecule has 7 heteroatoms. The molecular formula is C20H16FNO3S2. The molecule has 0 saturated carbocycles. The van der Waals surface area contributed by atoms with Gasteiger partial charge in [-0.15, -0.1) is 11.3 Å². The molecule has 0 amide bonds. The van der Waals surface area contributed by atoms with Crippen molar-refractivity contribution in [3.63, 3.8) is 0 Å². The fraction of sp³-hybridized carbons (Fsp3) is 0.0500. The highest BCUT2D eigenvalue weighted by Crippen LogP contribution is 2.30. The lowest BCUT2D eigenvalue weighted by Crippen LogP contribution is -2.09. The normalized spacial score (nSPS) is 11.6. The summed E-state index contributed by atoms with van der Waals surface area (Å²) >= 11 is 1.39. The monoisotopic (exact) mass is 401 g/mol. The van der Waals surface area contributed by atoms with Crippen LogP contribution in [0.2, 0.25) is 0 Å². The molecule has 0 bridgehead atoms. The van der Waals surface area contributed by atoms with E-state index in [-0.39, 0.29) is 11.6 Å². The molecule has 1 N–H and O–H groups in total. The van der Waals surface area contributed by atoms with E-state index in [0.717, 1.165) is 16.0 Å². The average molecular weight is 401 g/mol. The number of carbonyl (C=O) groups excluding carboxylic acids is 1. The summed E-state index contributed by atoms with van der Waals surface area (Å²) in [7, 11) is -3.35. The number of benzene rings is 2. The zero-order valence-electron chi connectivity index (χ0n) is 14.3. The van der Waals surface area contributed by atoms with E-state index in [4.69, 9.17) is 0 Å². The van der Waals surface area contributed by atoms with Crippen molar-refractivity contribution in [2.75, 3.05) is 11.0 Å². The van der Waals surface area contributed by atoms with Gasteiger partial charge in [-0.3, -0.25) is 9.52 Å². The molecule has 138 valence electrons. The highest BCUT2D eigenvalue weighted by atomic mass is 32.2. The second kappa shape index (κ2) is 7.85. The summed E-state index contributed by atoms with van der Waals surface area (Å²) in [5.74, 6) is -0.490. The molecule has 0 spiro atoms. The van der Waals surface area contributed by atoms with E-state index in [0.29, 0.717) is 16.8 Å². The van der Waals surface area contributed by atoms with E-state index < -0.39 is 10.0 Å². The molecule has 0 unspecified atom stereocenters. The molecule has 1 aromatic heterocycles. The maximum atomic E-state index is 13.8. The molecule has 0 atom stereocenters. The zero-order chi connectivity index (χ0) is 19.4. The first-order valence-corrected chi connectivity index (χ1v) is 10.7. The van der Waals surface area contributed by atoms with Crippen LogP contribution in [0, 0.1) is 5.82 Å². The van der Waals surface area contributed by atoms with E-state index in [1.807, 2.05) is 12.1 Å². The summed E-state index contributed by atoms with van der Waals surface area (Å²) < 4.78 is 38.6. The average Bonchev–Trinajstić information content (AvgIpc) is 3.08. The lowest BCUT2D eigenvalue weighted by Gasteiger charge is -2.03. The van der Waals surface area contributed by atoms with Gasteiger partial charge in [-0.25, -0.2) is 12.8 Å². The molecule has 3 aromatic rings. The summed E-state index contributed by atoms with van der Waals surface area (Å²) in [6.07, 6.45) is 4.18. The van der Waals surface area contributed by atoms with Crippen LogP contribution in [0.25, 0.3) is 16.5 Å². The molecule has 27 heavy (non-hydrogen) atoms.